The van der Waals surface area contributed by atoms with Crippen molar-refractivity contribution in [1.29, 1.82) is 0 Å². The molecule has 0 saturated carbocycles. The van der Waals surface area contributed by atoms with Crippen molar-refractivity contribution >= 4 is 11.9 Å². The van der Waals surface area contributed by atoms with Gasteiger partial charge in [-0.2, -0.15) is 0 Å². The van der Waals surface area contributed by atoms with E-state index in [0.717, 1.165) is 12.1 Å². The van der Waals surface area contributed by atoms with Crippen molar-refractivity contribution in [3.63, 3.8) is 0 Å². The highest BCUT2D eigenvalue weighted by Gasteiger charge is 2.21. The Morgan fingerprint density at radius 2 is 1.70 bits per heavy atom. The van der Waals surface area contributed by atoms with Gasteiger partial charge in [-0.05, 0) is 25.1 Å². The van der Waals surface area contributed by atoms with Gasteiger partial charge in [0.05, 0.1) is 20.3 Å². The first-order valence-electron chi connectivity index (χ1n) is 7.99. The fourth-order valence-corrected chi connectivity index (χ4v) is 2.47. The van der Waals surface area contributed by atoms with Gasteiger partial charge in [0.25, 0.3) is 5.91 Å². The highest BCUT2D eigenvalue weighted by atomic mass is 19.1. The summed E-state index contributed by atoms with van der Waals surface area (Å²) in [6.45, 7) is 0.937. The lowest BCUT2D eigenvalue weighted by Crippen LogP contribution is -2.31. The number of benzene rings is 2. The summed E-state index contributed by atoms with van der Waals surface area (Å²) >= 11 is 0. The predicted molar refractivity (Wildman–Crippen MR) is 92.7 cm³/mol. The molecular formula is C19H19F2NO5. The number of halogens is 2. The summed E-state index contributed by atoms with van der Waals surface area (Å²) in [7, 11) is 2.77. The SMILES string of the molecule is COc1cccc(OC)c1C(=O)OCC(=O)N[C@@H](C)c1ccc(F)cc1F. The van der Waals surface area contributed by atoms with Gasteiger partial charge in [-0.25, -0.2) is 13.6 Å². The van der Waals surface area contributed by atoms with Crippen molar-refractivity contribution in [3.05, 3.63) is 59.2 Å². The monoisotopic (exact) mass is 379 g/mol. The third kappa shape index (κ3) is 4.93. The Labute approximate surface area is 155 Å². The van der Waals surface area contributed by atoms with Crippen LogP contribution in [-0.2, 0) is 9.53 Å². The van der Waals surface area contributed by atoms with Gasteiger partial charge in [0, 0.05) is 11.6 Å². The highest BCUT2D eigenvalue weighted by Crippen LogP contribution is 2.28. The molecule has 0 aromatic heterocycles. The lowest BCUT2D eigenvalue weighted by molar-refractivity contribution is -0.124. The lowest BCUT2D eigenvalue weighted by Gasteiger charge is -2.16. The van der Waals surface area contributed by atoms with Crippen molar-refractivity contribution < 1.29 is 32.6 Å². The van der Waals surface area contributed by atoms with Crippen LogP contribution >= 0.6 is 0 Å². The zero-order valence-electron chi connectivity index (χ0n) is 15.0. The van der Waals surface area contributed by atoms with E-state index in [0.29, 0.717) is 0 Å². The van der Waals surface area contributed by atoms with Gasteiger partial charge in [-0.15, -0.1) is 0 Å². The minimum Gasteiger partial charge on any atom is -0.496 e. The van der Waals surface area contributed by atoms with Gasteiger partial charge in [0.15, 0.2) is 6.61 Å². The first-order valence-corrected chi connectivity index (χ1v) is 7.99. The van der Waals surface area contributed by atoms with E-state index in [-0.39, 0.29) is 22.6 Å². The van der Waals surface area contributed by atoms with Crippen LogP contribution in [0.1, 0.15) is 28.9 Å². The summed E-state index contributed by atoms with van der Waals surface area (Å²) < 4.78 is 41.9. The predicted octanol–water partition coefficient (Wildman–Crippen LogP) is 3.02. The molecule has 0 bridgehead atoms. The van der Waals surface area contributed by atoms with E-state index < -0.39 is 36.2 Å². The second-order valence-corrected chi connectivity index (χ2v) is 5.57. The molecule has 6 nitrogen and oxygen atoms in total. The molecule has 8 heteroatoms. The second-order valence-electron chi connectivity index (χ2n) is 5.57. The molecule has 1 atom stereocenters. The van der Waals surface area contributed by atoms with Crippen LogP contribution < -0.4 is 14.8 Å². The summed E-state index contributed by atoms with van der Waals surface area (Å²) in [5, 5.41) is 2.48. The molecule has 144 valence electrons. The average molecular weight is 379 g/mol. The molecular weight excluding hydrogens is 360 g/mol. The van der Waals surface area contributed by atoms with Crippen molar-refractivity contribution in [1.82, 2.24) is 5.32 Å². The zero-order chi connectivity index (χ0) is 20.0. The van der Waals surface area contributed by atoms with Gasteiger partial charge < -0.3 is 19.5 Å². The molecule has 0 fully saturated rings. The van der Waals surface area contributed by atoms with Crippen molar-refractivity contribution in [2.24, 2.45) is 0 Å². The third-order valence-electron chi connectivity index (χ3n) is 3.77. The van der Waals surface area contributed by atoms with Crippen LogP contribution in [0.2, 0.25) is 0 Å². The molecule has 0 heterocycles. The summed E-state index contributed by atoms with van der Waals surface area (Å²) in [6, 6.07) is 7.07. The van der Waals surface area contributed by atoms with Crippen molar-refractivity contribution in [3.8, 4) is 11.5 Å². The first-order chi connectivity index (χ1) is 12.9. The Hall–Kier alpha value is -3.16. The molecule has 0 aliphatic carbocycles. The molecule has 0 radical (unpaired) electrons. The number of carbonyl (C=O) groups is 2. The molecule has 0 unspecified atom stereocenters. The number of carbonyl (C=O) groups excluding carboxylic acids is 2. The summed E-state index contributed by atoms with van der Waals surface area (Å²) in [4.78, 5) is 24.3. The van der Waals surface area contributed by atoms with Crippen LogP contribution in [0.25, 0.3) is 0 Å². The van der Waals surface area contributed by atoms with Crippen molar-refractivity contribution in [2.75, 3.05) is 20.8 Å². The molecule has 27 heavy (non-hydrogen) atoms. The Bertz CT molecular complexity index is 819. The van der Waals surface area contributed by atoms with Gasteiger partial charge in [0.2, 0.25) is 0 Å². The number of rotatable bonds is 7. The minimum atomic E-state index is -0.805. The van der Waals surface area contributed by atoms with Crippen molar-refractivity contribution in [2.45, 2.75) is 13.0 Å². The maximum absolute atomic E-state index is 13.7. The number of methoxy groups -OCH3 is 2. The molecule has 0 saturated heterocycles. The first kappa shape index (κ1) is 20.2. The van der Waals surface area contributed by atoms with Gasteiger partial charge >= 0.3 is 5.97 Å². The molecule has 1 amide bonds. The van der Waals surface area contributed by atoms with E-state index in [4.69, 9.17) is 14.2 Å². The standard InChI is InChI=1S/C19H19F2NO5/c1-11(13-8-7-12(20)9-14(13)21)22-17(23)10-27-19(24)18-15(25-2)5-4-6-16(18)26-3/h4-9,11H,10H2,1-3H3,(H,22,23)/t11-/m0/s1. The van der Waals surface area contributed by atoms with E-state index in [1.807, 2.05) is 0 Å². The Balaban J connectivity index is 2.00. The lowest BCUT2D eigenvalue weighted by atomic mass is 10.1. The third-order valence-corrected chi connectivity index (χ3v) is 3.77. The zero-order valence-corrected chi connectivity index (χ0v) is 15.0. The number of ether oxygens (including phenoxy) is 3. The topological polar surface area (TPSA) is 73.9 Å². The molecule has 0 aliphatic rings. The van der Waals surface area contributed by atoms with E-state index in [2.05, 4.69) is 5.32 Å². The van der Waals surface area contributed by atoms with Crippen LogP contribution in [0.3, 0.4) is 0 Å². The van der Waals surface area contributed by atoms with E-state index >= 15 is 0 Å². The van der Waals surface area contributed by atoms with E-state index in [1.54, 1.807) is 18.2 Å². The van der Waals surface area contributed by atoms with E-state index in [1.165, 1.54) is 27.2 Å². The number of hydrogen-bond acceptors (Lipinski definition) is 5. The molecule has 0 aliphatic heterocycles. The number of esters is 1. The highest BCUT2D eigenvalue weighted by molar-refractivity contribution is 5.96. The molecule has 2 aromatic rings. The largest absolute Gasteiger partial charge is 0.496 e. The number of amides is 1. The Morgan fingerprint density at radius 1 is 1.07 bits per heavy atom. The smallest absolute Gasteiger partial charge is 0.346 e. The van der Waals surface area contributed by atoms with Gasteiger partial charge in [-0.1, -0.05) is 12.1 Å². The van der Waals surface area contributed by atoms with E-state index in [9.17, 15) is 18.4 Å². The summed E-state index contributed by atoms with van der Waals surface area (Å²) in [5.74, 6) is -2.47. The summed E-state index contributed by atoms with van der Waals surface area (Å²) in [5.41, 5.74) is 0.162. The van der Waals surface area contributed by atoms with Crippen LogP contribution in [0, 0.1) is 11.6 Å². The second kappa shape index (κ2) is 8.98. The number of nitrogens with one attached hydrogen (secondary N) is 1. The molecule has 2 aromatic carbocycles. The summed E-state index contributed by atoms with van der Waals surface area (Å²) in [6.07, 6.45) is 0. The minimum absolute atomic E-state index is 0.0490. The quantitative estimate of drug-likeness (QED) is 0.749. The van der Waals surface area contributed by atoms with Crippen LogP contribution in [-0.4, -0.2) is 32.7 Å². The van der Waals surface area contributed by atoms with Crippen LogP contribution in [0.4, 0.5) is 8.78 Å². The fraction of sp³-hybridized carbons (Fsp3) is 0.263. The number of hydrogen-bond donors (Lipinski definition) is 1. The Morgan fingerprint density at radius 3 is 2.26 bits per heavy atom. The Kier molecular flexibility index (Phi) is 6.70. The van der Waals surface area contributed by atoms with Gasteiger partial charge in [-0.3, -0.25) is 4.79 Å². The fourth-order valence-electron chi connectivity index (χ4n) is 2.47. The van der Waals surface area contributed by atoms with Gasteiger partial charge in [0.1, 0.15) is 28.7 Å². The molecule has 2 rings (SSSR count). The normalized spacial score (nSPS) is 11.4. The molecule has 1 N–H and O–H groups in total. The van der Waals surface area contributed by atoms with Crippen LogP contribution in [0.5, 0.6) is 11.5 Å². The average Bonchev–Trinajstić information content (AvgIpc) is 2.65. The maximum atomic E-state index is 13.7. The van der Waals surface area contributed by atoms with Crippen LogP contribution in [0.15, 0.2) is 36.4 Å². The molecule has 0 spiro atoms. The maximum Gasteiger partial charge on any atom is 0.346 e.